The van der Waals surface area contributed by atoms with Crippen LogP contribution in [0.1, 0.15) is 40.0 Å². The third-order valence-electron chi connectivity index (χ3n) is 3.59. The molecule has 2 atom stereocenters. The zero-order valence-electron chi connectivity index (χ0n) is 13.9. The fraction of sp³-hybridized carbons (Fsp3) is 0.500. The van der Waals surface area contributed by atoms with E-state index in [1.807, 2.05) is 6.92 Å². The molecule has 0 heterocycles. The van der Waals surface area contributed by atoms with Crippen molar-refractivity contribution in [1.29, 1.82) is 0 Å². The Labute approximate surface area is 133 Å². The number of amides is 1. The van der Waals surface area contributed by atoms with Gasteiger partial charge in [-0.25, -0.2) is 0 Å². The van der Waals surface area contributed by atoms with Crippen LogP contribution in [0, 0.1) is 11.8 Å². The van der Waals surface area contributed by atoms with Gasteiger partial charge in [0.1, 0.15) is 0 Å². The molecule has 4 heteroatoms. The number of carbonyl (C=O) groups is 1. The van der Waals surface area contributed by atoms with Gasteiger partial charge in [-0.1, -0.05) is 32.9 Å². The number of hydrogen-bond donors (Lipinski definition) is 2. The van der Waals surface area contributed by atoms with Crippen LogP contribution >= 0.6 is 0 Å². The zero-order valence-corrected chi connectivity index (χ0v) is 13.9. The third-order valence-corrected chi connectivity index (χ3v) is 3.59. The molecule has 0 radical (unpaired) electrons. The molecule has 0 aliphatic rings. The maximum Gasteiger partial charge on any atom is 0.227 e. The Balaban J connectivity index is 2.55. The van der Waals surface area contributed by atoms with Gasteiger partial charge < -0.3 is 15.2 Å². The largest absolute Gasteiger partial charge is 0.504 e. The van der Waals surface area contributed by atoms with Crippen LogP contribution in [0.25, 0.3) is 0 Å². The predicted molar refractivity (Wildman–Crippen MR) is 90.3 cm³/mol. The van der Waals surface area contributed by atoms with Gasteiger partial charge in [-0.2, -0.15) is 0 Å². The van der Waals surface area contributed by atoms with E-state index in [0.29, 0.717) is 17.4 Å². The Kier molecular flexibility index (Phi) is 7.50. The second-order valence-corrected chi connectivity index (χ2v) is 5.73. The summed E-state index contributed by atoms with van der Waals surface area (Å²) in [5, 5.41) is 12.4. The molecule has 2 unspecified atom stereocenters. The van der Waals surface area contributed by atoms with Crippen molar-refractivity contribution >= 4 is 11.6 Å². The first-order chi connectivity index (χ1) is 10.5. The fourth-order valence-corrected chi connectivity index (χ4v) is 2.32. The van der Waals surface area contributed by atoms with E-state index in [1.54, 1.807) is 12.1 Å². The topological polar surface area (TPSA) is 58.6 Å². The first-order valence-corrected chi connectivity index (χ1v) is 7.80. The summed E-state index contributed by atoms with van der Waals surface area (Å²) in [5.41, 5.74) is 0.630. The number of rotatable bonds is 8. The van der Waals surface area contributed by atoms with E-state index < -0.39 is 0 Å². The van der Waals surface area contributed by atoms with Crippen LogP contribution in [0.15, 0.2) is 30.4 Å². The van der Waals surface area contributed by atoms with Gasteiger partial charge in [0.05, 0.1) is 7.11 Å². The van der Waals surface area contributed by atoms with Crippen molar-refractivity contribution < 1.29 is 14.6 Å². The van der Waals surface area contributed by atoms with Crippen molar-refractivity contribution in [3.63, 3.8) is 0 Å². The van der Waals surface area contributed by atoms with Gasteiger partial charge in [-0.15, -0.1) is 0 Å². The number of phenolic OH excluding ortho intramolecular Hbond substituents is 1. The maximum atomic E-state index is 12.2. The standard InChI is InChI=1S/C18H27NO3/c1-5-6-7-8-13(2)11-14(3)18(21)19-15-9-10-16(20)17(12-15)22-4/h6-7,9-10,12-14,20H,5,8,11H2,1-4H3,(H,19,21)/b7-6+. The number of phenols is 1. The second-order valence-electron chi connectivity index (χ2n) is 5.73. The number of benzene rings is 1. The van der Waals surface area contributed by atoms with Crippen molar-refractivity contribution in [1.82, 2.24) is 0 Å². The molecule has 4 nitrogen and oxygen atoms in total. The van der Waals surface area contributed by atoms with Gasteiger partial charge in [-0.3, -0.25) is 4.79 Å². The lowest BCUT2D eigenvalue weighted by Crippen LogP contribution is -2.22. The molecule has 1 amide bonds. The summed E-state index contributed by atoms with van der Waals surface area (Å²) in [6.45, 7) is 6.21. The third kappa shape index (κ3) is 5.80. The van der Waals surface area contributed by atoms with E-state index >= 15 is 0 Å². The highest BCUT2D eigenvalue weighted by molar-refractivity contribution is 5.92. The van der Waals surface area contributed by atoms with Gasteiger partial charge in [0, 0.05) is 17.7 Å². The molecule has 22 heavy (non-hydrogen) atoms. The fourth-order valence-electron chi connectivity index (χ4n) is 2.32. The van der Waals surface area contributed by atoms with Gasteiger partial charge >= 0.3 is 0 Å². The summed E-state index contributed by atoms with van der Waals surface area (Å²) in [5.74, 6) is 0.801. The van der Waals surface area contributed by atoms with E-state index in [2.05, 4.69) is 31.3 Å². The van der Waals surface area contributed by atoms with Crippen molar-refractivity contribution in [2.45, 2.75) is 40.0 Å². The number of hydrogen-bond acceptors (Lipinski definition) is 3. The number of anilines is 1. The zero-order chi connectivity index (χ0) is 16.5. The molecule has 0 saturated heterocycles. The Bertz CT molecular complexity index is 511. The average Bonchev–Trinajstić information content (AvgIpc) is 2.49. The van der Waals surface area contributed by atoms with E-state index in [9.17, 15) is 9.90 Å². The normalized spacial score (nSPS) is 13.8. The molecule has 1 aromatic rings. The minimum Gasteiger partial charge on any atom is -0.504 e. The number of allylic oxidation sites excluding steroid dienone is 2. The highest BCUT2D eigenvalue weighted by atomic mass is 16.5. The lowest BCUT2D eigenvalue weighted by Gasteiger charge is -2.16. The van der Waals surface area contributed by atoms with Gasteiger partial charge in [0.15, 0.2) is 11.5 Å². The molecule has 1 aromatic carbocycles. The molecule has 0 spiro atoms. The molecule has 0 bridgehead atoms. The molecular weight excluding hydrogens is 278 g/mol. The smallest absolute Gasteiger partial charge is 0.227 e. The van der Waals surface area contributed by atoms with Gasteiger partial charge in [0.2, 0.25) is 5.91 Å². The van der Waals surface area contributed by atoms with E-state index in [4.69, 9.17) is 4.74 Å². The molecule has 0 aromatic heterocycles. The van der Waals surface area contributed by atoms with Crippen LogP contribution in [-0.4, -0.2) is 18.1 Å². The number of carbonyl (C=O) groups excluding carboxylic acids is 1. The molecular formula is C18H27NO3. The SMILES string of the molecule is CC/C=C/CC(C)CC(C)C(=O)Nc1ccc(O)c(OC)c1. The van der Waals surface area contributed by atoms with E-state index in [0.717, 1.165) is 19.3 Å². The molecule has 2 N–H and O–H groups in total. The maximum absolute atomic E-state index is 12.2. The van der Waals surface area contributed by atoms with Crippen LogP contribution in [0.4, 0.5) is 5.69 Å². The minimum absolute atomic E-state index is 0.0148. The van der Waals surface area contributed by atoms with Gasteiger partial charge in [0.25, 0.3) is 0 Å². The van der Waals surface area contributed by atoms with Gasteiger partial charge in [-0.05, 0) is 37.3 Å². The summed E-state index contributed by atoms with van der Waals surface area (Å²) >= 11 is 0. The molecule has 0 aliphatic carbocycles. The molecule has 1 rings (SSSR count). The molecule has 122 valence electrons. The number of nitrogens with one attached hydrogen (secondary N) is 1. The van der Waals surface area contributed by atoms with Crippen LogP contribution < -0.4 is 10.1 Å². The van der Waals surface area contributed by atoms with Crippen molar-refractivity contribution in [3.8, 4) is 11.5 Å². The Hall–Kier alpha value is -1.97. The van der Waals surface area contributed by atoms with Crippen LogP contribution in [0.2, 0.25) is 0 Å². The number of ether oxygens (including phenoxy) is 1. The highest BCUT2D eigenvalue weighted by Gasteiger charge is 2.16. The number of methoxy groups -OCH3 is 1. The summed E-state index contributed by atoms with van der Waals surface area (Å²) in [6, 6.07) is 4.79. The van der Waals surface area contributed by atoms with Crippen LogP contribution in [0.5, 0.6) is 11.5 Å². The Morgan fingerprint density at radius 2 is 2.09 bits per heavy atom. The van der Waals surface area contributed by atoms with Crippen molar-refractivity contribution in [2.75, 3.05) is 12.4 Å². The quantitative estimate of drug-likeness (QED) is 0.554. The lowest BCUT2D eigenvalue weighted by molar-refractivity contribution is -0.119. The van der Waals surface area contributed by atoms with E-state index in [-0.39, 0.29) is 17.6 Å². The Morgan fingerprint density at radius 3 is 2.73 bits per heavy atom. The first-order valence-electron chi connectivity index (χ1n) is 7.80. The summed E-state index contributed by atoms with van der Waals surface area (Å²) in [7, 11) is 1.48. The summed E-state index contributed by atoms with van der Waals surface area (Å²) < 4.78 is 5.04. The Morgan fingerprint density at radius 1 is 1.36 bits per heavy atom. The summed E-state index contributed by atoms with van der Waals surface area (Å²) in [6.07, 6.45) is 7.23. The molecule has 0 fully saturated rings. The van der Waals surface area contributed by atoms with Crippen LogP contribution in [0.3, 0.4) is 0 Å². The monoisotopic (exact) mass is 305 g/mol. The predicted octanol–water partition coefficient (Wildman–Crippen LogP) is 4.36. The lowest BCUT2D eigenvalue weighted by atomic mass is 9.94. The average molecular weight is 305 g/mol. The first kappa shape index (κ1) is 18.1. The van der Waals surface area contributed by atoms with Crippen molar-refractivity contribution in [3.05, 3.63) is 30.4 Å². The van der Waals surface area contributed by atoms with E-state index in [1.165, 1.54) is 13.2 Å². The second kappa shape index (κ2) is 9.13. The number of aromatic hydroxyl groups is 1. The molecule has 0 aliphatic heterocycles. The summed E-state index contributed by atoms with van der Waals surface area (Å²) in [4.78, 5) is 12.2. The highest BCUT2D eigenvalue weighted by Crippen LogP contribution is 2.29. The van der Waals surface area contributed by atoms with Crippen molar-refractivity contribution in [2.24, 2.45) is 11.8 Å². The molecule has 0 saturated carbocycles. The minimum atomic E-state index is -0.0650. The van der Waals surface area contributed by atoms with Crippen LogP contribution in [-0.2, 0) is 4.79 Å².